The summed E-state index contributed by atoms with van der Waals surface area (Å²) in [5.41, 5.74) is 9.08. The number of hydrogen-bond acceptors (Lipinski definition) is 1. The van der Waals surface area contributed by atoms with Gasteiger partial charge in [0, 0.05) is 21.8 Å². The Morgan fingerprint density at radius 1 is 0.633 bits per heavy atom. The molecule has 30 heavy (non-hydrogen) atoms. The van der Waals surface area contributed by atoms with Crippen LogP contribution in [-0.4, -0.2) is 8.97 Å². The van der Waals surface area contributed by atoms with E-state index in [0.717, 1.165) is 27.6 Å². The van der Waals surface area contributed by atoms with Crippen LogP contribution in [0, 0.1) is 6.92 Å². The number of aryl methyl sites for hydroxylation is 1. The first kappa shape index (κ1) is 15.9. The molecule has 0 saturated carbocycles. The second kappa shape index (κ2) is 5.55. The average Bonchev–Trinajstić information content (AvgIpc) is 3.41. The molecule has 4 aromatic carbocycles. The molecule has 0 unspecified atom stereocenters. The number of hydrogen-bond donors (Lipinski definition) is 0. The molecule has 0 radical (unpaired) electrons. The number of rotatable bonds is 1. The lowest BCUT2D eigenvalue weighted by Crippen LogP contribution is -1.93. The Kier molecular flexibility index (Phi) is 2.94. The zero-order chi connectivity index (χ0) is 19.8. The predicted octanol–water partition coefficient (Wildman–Crippen LogP) is 7.24. The molecule has 0 atom stereocenters. The van der Waals surface area contributed by atoms with Crippen molar-refractivity contribution in [2.75, 3.05) is 0 Å². The topological polar surface area (TPSA) is 22.5 Å². The van der Waals surface area contributed by atoms with Gasteiger partial charge in [-0.05, 0) is 61.0 Å². The van der Waals surface area contributed by atoms with E-state index in [4.69, 9.17) is 4.42 Å². The third-order valence-electron chi connectivity index (χ3n) is 6.15. The summed E-state index contributed by atoms with van der Waals surface area (Å²) in [6.45, 7) is 2.15. The van der Waals surface area contributed by atoms with Crippen molar-refractivity contribution in [2.24, 2.45) is 0 Å². The van der Waals surface area contributed by atoms with Gasteiger partial charge in [-0.1, -0.05) is 42.5 Å². The van der Waals surface area contributed by atoms with Crippen LogP contribution in [0.4, 0.5) is 0 Å². The summed E-state index contributed by atoms with van der Waals surface area (Å²) in [4.78, 5) is 0. The maximum Gasteiger partial charge on any atom is 0.135 e. The number of nitrogens with zero attached hydrogens (tertiary/aromatic N) is 2. The minimum Gasteiger partial charge on any atom is -0.456 e. The van der Waals surface area contributed by atoms with Crippen molar-refractivity contribution in [3.8, 4) is 5.69 Å². The Morgan fingerprint density at radius 3 is 2.43 bits per heavy atom. The van der Waals surface area contributed by atoms with Crippen molar-refractivity contribution in [1.82, 2.24) is 8.97 Å². The maximum absolute atomic E-state index is 6.05. The summed E-state index contributed by atoms with van der Waals surface area (Å²) in [7, 11) is 0. The third-order valence-corrected chi connectivity index (χ3v) is 6.15. The molecule has 0 bridgehead atoms. The summed E-state index contributed by atoms with van der Waals surface area (Å²) >= 11 is 0. The molecular weight excluding hydrogens is 368 g/mol. The lowest BCUT2D eigenvalue weighted by Gasteiger charge is -2.06. The monoisotopic (exact) mass is 386 g/mol. The fraction of sp³-hybridized carbons (Fsp3) is 0.0370. The molecule has 0 saturated heterocycles. The minimum absolute atomic E-state index is 0.920. The van der Waals surface area contributed by atoms with Crippen LogP contribution in [0.3, 0.4) is 0 Å². The third kappa shape index (κ3) is 1.99. The quantitative estimate of drug-likeness (QED) is 0.291. The lowest BCUT2D eigenvalue weighted by atomic mass is 10.1. The van der Waals surface area contributed by atoms with Gasteiger partial charge < -0.3 is 4.42 Å². The van der Waals surface area contributed by atoms with Crippen LogP contribution in [0.5, 0.6) is 0 Å². The van der Waals surface area contributed by atoms with E-state index in [1.807, 2.05) is 12.1 Å². The van der Waals surface area contributed by atoms with Crippen molar-refractivity contribution in [3.63, 3.8) is 0 Å². The second-order valence-electron chi connectivity index (χ2n) is 8.00. The fourth-order valence-electron chi connectivity index (χ4n) is 4.81. The standard InChI is InChI=1S/C27H18N2O/c1-17-10-12-23-24(14-17)29-22-8-4-2-6-18(22)15-27(29)28(23)19-11-13-26-21(16-19)20-7-3-5-9-25(20)30-26/h2-16H,1H3. The summed E-state index contributed by atoms with van der Waals surface area (Å²) in [5, 5.41) is 3.55. The molecule has 0 aliphatic carbocycles. The second-order valence-corrected chi connectivity index (χ2v) is 8.00. The predicted molar refractivity (Wildman–Crippen MR) is 124 cm³/mol. The van der Waals surface area contributed by atoms with Gasteiger partial charge in [0.15, 0.2) is 0 Å². The number of furan rings is 1. The van der Waals surface area contributed by atoms with Crippen LogP contribution in [0.2, 0.25) is 0 Å². The first-order chi connectivity index (χ1) is 14.8. The van der Waals surface area contributed by atoms with E-state index >= 15 is 0 Å². The number of fused-ring (bicyclic) bond motifs is 8. The van der Waals surface area contributed by atoms with Gasteiger partial charge in [-0.2, -0.15) is 0 Å². The van der Waals surface area contributed by atoms with Crippen LogP contribution in [0.15, 0.2) is 95.4 Å². The molecule has 3 heterocycles. The van der Waals surface area contributed by atoms with Crippen LogP contribution in [0.1, 0.15) is 5.56 Å². The molecule has 3 heteroatoms. The van der Waals surface area contributed by atoms with Gasteiger partial charge in [-0.3, -0.25) is 8.97 Å². The van der Waals surface area contributed by atoms with E-state index in [9.17, 15) is 0 Å². The smallest absolute Gasteiger partial charge is 0.135 e. The molecule has 0 aliphatic rings. The van der Waals surface area contributed by atoms with Gasteiger partial charge in [-0.15, -0.1) is 0 Å². The van der Waals surface area contributed by atoms with Crippen molar-refractivity contribution >= 4 is 49.5 Å². The van der Waals surface area contributed by atoms with Crippen LogP contribution >= 0.6 is 0 Å². The zero-order valence-electron chi connectivity index (χ0n) is 16.5. The molecule has 0 spiro atoms. The minimum atomic E-state index is 0.920. The largest absolute Gasteiger partial charge is 0.456 e. The first-order valence-electron chi connectivity index (χ1n) is 10.2. The SMILES string of the molecule is Cc1ccc2c(c1)n1c3ccccc3cc1n2-c1ccc2oc3ccccc3c2c1. The summed E-state index contributed by atoms with van der Waals surface area (Å²) in [5.74, 6) is 0. The number of imidazole rings is 1. The molecular formula is C27H18N2O. The van der Waals surface area contributed by atoms with Gasteiger partial charge in [-0.25, -0.2) is 0 Å². The van der Waals surface area contributed by atoms with Gasteiger partial charge in [0.1, 0.15) is 16.8 Å². The van der Waals surface area contributed by atoms with E-state index in [2.05, 4.69) is 94.8 Å². The van der Waals surface area contributed by atoms with Crippen molar-refractivity contribution in [3.05, 3.63) is 96.6 Å². The Labute approximate surface area is 172 Å². The van der Waals surface area contributed by atoms with E-state index in [0.29, 0.717) is 0 Å². The van der Waals surface area contributed by atoms with Crippen LogP contribution in [-0.2, 0) is 0 Å². The summed E-state index contributed by atoms with van der Waals surface area (Å²) in [6.07, 6.45) is 0. The summed E-state index contributed by atoms with van der Waals surface area (Å²) in [6, 6.07) is 32.3. The highest BCUT2D eigenvalue weighted by Crippen LogP contribution is 2.35. The number of benzene rings is 4. The van der Waals surface area contributed by atoms with Gasteiger partial charge >= 0.3 is 0 Å². The highest BCUT2D eigenvalue weighted by Gasteiger charge is 2.16. The molecule has 7 aromatic rings. The molecule has 3 aromatic heterocycles. The van der Waals surface area contributed by atoms with Crippen LogP contribution < -0.4 is 0 Å². The van der Waals surface area contributed by atoms with E-state index in [-0.39, 0.29) is 0 Å². The Bertz CT molecular complexity index is 1760. The molecule has 0 N–H and O–H groups in total. The first-order valence-corrected chi connectivity index (χ1v) is 10.2. The highest BCUT2D eigenvalue weighted by atomic mass is 16.3. The maximum atomic E-state index is 6.05. The van der Waals surface area contributed by atoms with E-state index in [1.165, 1.54) is 33.1 Å². The Balaban J connectivity index is 1.65. The molecule has 142 valence electrons. The van der Waals surface area contributed by atoms with Crippen molar-refractivity contribution in [1.29, 1.82) is 0 Å². The molecule has 3 nitrogen and oxygen atoms in total. The van der Waals surface area contributed by atoms with Crippen molar-refractivity contribution < 1.29 is 4.42 Å². The summed E-state index contributed by atoms with van der Waals surface area (Å²) < 4.78 is 10.8. The highest BCUT2D eigenvalue weighted by molar-refractivity contribution is 6.06. The molecule has 0 fully saturated rings. The van der Waals surface area contributed by atoms with Crippen molar-refractivity contribution in [2.45, 2.75) is 6.92 Å². The van der Waals surface area contributed by atoms with Crippen LogP contribution in [0.25, 0.3) is 55.2 Å². The number of para-hydroxylation sites is 2. The van der Waals surface area contributed by atoms with Gasteiger partial charge in [0.05, 0.1) is 16.6 Å². The molecule has 7 rings (SSSR count). The molecule has 0 amide bonds. The van der Waals surface area contributed by atoms with E-state index in [1.54, 1.807) is 0 Å². The number of aromatic nitrogens is 2. The Hall–Kier alpha value is -3.98. The Morgan fingerprint density at radius 2 is 1.47 bits per heavy atom. The zero-order valence-corrected chi connectivity index (χ0v) is 16.5. The normalized spacial score (nSPS) is 12.2. The fourth-order valence-corrected chi connectivity index (χ4v) is 4.81. The average molecular weight is 386 g/mol. The van der Waals surface area contributed by atoms with Gasteiger partial charge in [0.2, 0.25) is 0 Å². The lowest BCUT2D eigenvalue weighted by molar-refractivity contribution is 0.669. The van der Waals surface area contributed by atoms with Gasteiger partial charge in [0.25, 0.3) is 0 Å². The van der Waals surface area contributed by atoms with E-state index < -0.39 is 0 Å². The molecule has 0 aliphatic heterocycles.